The number of methoxy groups -OCH3 is 1. The average molecular weight is 779 g/mol. The van der Waals surface area contributed by atoms with E-state index in [0.29, 0.717) is 53.0 Å². The molecule has 5 aromatic rings. The summed E-state index contributed by atoms with van der Waals surface area (Å²) >= 11 is 0. The molecule has 0 unspecified atom stereocenters. The molecule has 3 heterocycles. The molecular weight excluding hydrogens is 735 g/mol. The molecule has 15 nitrogen and oxygen atoms in total. The Balaban J connectivity index is 0.897. The van der Waals surface area contributed by atoms with Gasteiger partial charge in [0.1, 0.15) is 11.6 Å². The Kier molecular flexibility index (Phi) is 13.3. The minimum Gasteiger partial charge on any atom is -0.497 e. The quantitative estimate of drug-likeness (QED) is 0.115. The van der Waals surface area contributed by atoms with Gasteiger partial charge in [0.15, 0.2) is 5.69 Å². The Labute approximate surface area is 327 Å². The summed E-state index contributed by atoms with van der Waals surface area (Å²) in [4.78, 5) is 70.7. The number of carbonyl (C=O) groups excluding carboxylic acids is 4. The van der Waals surface area contributed by atoms with Crippen LogP contribution in [0.3, 0.4) is 0 Å². The number of rotatable bonds is 15. The fourth-order valence-electron chi connectivity index (χ4n) is 6.44. The molecule has 3 aromatic carbocycles. The minimum absolute atomic E-state index is 0.0622. The molecule has 0 bridgehead atoms. The predicted molar refractivity (Wildman–Crippen MR) is 211 cm³/mol. The van der Waals surface area contributed by atoms with Gasteiger partial charge in [0.2, 0.25) is 11.8 Å². The third kappa shape index (κ3) is 10.2. The van der Waals surface area contributed by atoms with Crippen molar-refractivity contribution in [1.29, 1.82) is 0 Å². The Morgan fingerprint density at radius 2 is 1.63 bits per heavy atom. The first kappa shape index (κ1) is 40.2. The number of ether oxygens (including phenoxy) is 2. The number of anilines is 1. The lowest BCUT2D eigenvalue weighted by molar-refractivity contribution is -0.131. The van der Waals surface area contributed by atoms with E-state index in [4.69, 9.17) is 9.47 Å². The Bertz CT molecular complexity index is 2330. The lowest BCUT2D eigenvalue weighted by atomic mass is 10.0. The highest BCUT2D eigenvalue weighted by Crippen LogP contribution is 2.27. The molecule has 4 N–H and O–H groups in total. The molecule has 6 rings (SSSR count). The molecule has 0 radical (unpaired) electrons. The van der Waals surface area contributed by atoms with E-state index in [1.165, 1.54) is 24.0 Å². The van der Waals surface area contributed by atoms with Crippen molar-refractivity contribution in [2.24, 2.45) is 0 Å². The second-order valence-corrected chi connectivity index (χ2v) is 13.3. The standard InChI is InChI=1S/C41H43FN8O7/c1-26(51)46-36-23-29(28-6-5-7-30(22-28)56-2)24-45-38(36)40(54)44-13-19-57-18-12-43-25-37(52)49-14-16-50(17-15-49)41(55)33-20-27(10-11-34(33)42)21-35-31-8-3-4-9-32(31)39(53)48-47-35/h3-11,20,22-24,43H,12-19,21,25H2,1-2H3,(H,44,54)(H,46,51)(H,48,53). The maximum Gasteiger partial charge on any atom is 0.272 e. The van der Waals surface area contributed by atoms with Crippen LogP contribution in [0.25, 0.3) is 21.9 Å². The highest BCUT2D eigenvalue weighted by Gasteiger charge is 2.26. The van der Waals surface area contributed by atoms with Crippen LogP contribution in [0.4, 0.5) is 10.1 Å². The first-order valence-corrected chi connectivity index (χ1v) is 18.4. The number of fused-ring (bicyclic) bond motifs is 1. The zero-order valence-electron chi connectivity index (χ0n) is 31.6. The number of hydrogen-bond donors (Lipinski definition) is 4. The summed E-state index contributed by atoms with van der Waals surface area (Å²) in [6.07, 6.45) is 1.84. The second-order valence-electron chi connectivity index (χ2n) is 13.3. The third-order valence-electron chi connectivity index (χ3n) is 9.38. The van der Waals surface area contributed by atoms with Crippen molar-refractivity contribution >= 4 is 40.1 Å². The van der Waals surface area contributed by atoms with Gasteiger partial charge in [-0.25, -0.2) is 14.5 Å². The van der Waals surface area contributed by atoms with Gasteiger partial charge < -0.3 is 35.2 Å². The number of aromatic amines is 1. The number of carbonyl (C=O) groups is 4. The van der Waals surface area contributed by atoms with Crippen LogP contribution < -0.4 is 26.2 Å². The number of benzene rings is 3. The van der Waals surface area contributed by atoms with Crippen molar-refractivity contribution in [2.75, 3.05) is 71.5 Å². The van der Waals surface area contributed by atoms with Gasteiger partial charge in [-0.2, -0.15) is 5.10 Å². The molecule has 1 aliphatic heterocycles. The van der Waals surface area contributed by atoms with Crippen molar-refractivity contribution in [2.45, 2.75) is 13.3 Å². The van der Waals surface area contributed by atoms with Gasteiger partial charge >= 0.3 is 0 Å². The van der Waals surface area contributed by atoms with Crippen LogP contribution in [-0.2, 0) is 20.7 Å². The molecule has 296 valence electrons. The predicted octanol–water partition coefficient (Wildman–Crippen LogP) is 3.00. The van der Waals surface area contributed by atoms with Crippen molar-refractivity contribution in [3.63, 3.8) is 0 Å². The lowest BCUT2D eigenvalue weighted by Gasteiger charge is -2.35. The van der Waals surface area contributed by atoms with Gasteiger partial charge in [-0.1, -0.05) is 36.4 Å². The second kappa shape index (κ2) is 18.9. The molecule has 1 fully saturated rings. The van der Waals surface area contributed by atoms with Gasteiger partial charge in [0.05, 0.1) is 49.2 Å². The minimum atomic E-state index is -0.640. The summed E-state index contributed by atoms with van der Waals surface area (Å²) in [5.74, 6) is -1.39. The average Bonchev–Trinajstić information content (AvgIpc) is 3.23. The molecule has 0 atom stereocenters. The summed E-state index contributed by atoms with van der Waals surface area (Å²) in [5, 5.41) is 16.3. The van der Waals surface area contributed by atoms with Crippen LogP contribution in [0, 0.1) is 5.82 Å². The number of nitrogens with zero attached hydrogens (tertiary/aromatic N) is 4. The van der Waals surface area contributed by atoms with E-state index in [1.54, 1.807) is 48.5 Å². The van der Waals surface area contributed by atoms with Crippen LogP contribution in [0.2, 0.25) is 0 Å². The topological polar surface area (TPSA) is 188 Å². The zero-order chi connectivity index (χ0) is 40.3. The highest BCUT2D eigenvalue weighted by molar-refractivity contribution is 6.02. The van der Waals surface area contributed by atoms with Gasteiger partial charge in [0.25, 0.3) is 17.4 Å². The molecule has 1 aliphatic rings. The molecular formula is C41H43FN8O7. The maximum atomic E-state index is 14.9. The van der Waals surface area contributed by atoms with Gasteiger partial charge in [-0.15, -0.1) is 0 Å². The van der Waals surface area contributed by atoms with Crippen LogP contribution in [0.1, 0.15) is 39.0 Å². The Morgan fingerprint density at radius 3 is 2.40 bits per heavy atom. The van der Waals surface area contributed by atoms with Crippen molar-refractivity contribution < 1.29 is 33.0 Å². The fraction of sp³-hybridized carbons (Fsp3) is 0.293. The van der Waals surface area contributed by atoms with E-state index >= 15 is 0 Å². The van der Waals surface area contributed by atoms with Crippen LogP contribution in [0.5, 0.6) is 5.75 Å². The Hall–Kier alpha value is -6.52. The largest absolute Gasteiger partial charge is 0.497 e. The Morgan fingerprint density at radius 1 is 0.877 bits per heavy atom. The fourth-order valence-corrected chi connectivity index (χ4v) is 6.44. The molecule has 2 aromatic heterocycles. The zero-order valence-corrected chi connectivity index (χ0v) is 31.6. The molecule has 16 heteroatoms. The molecule has 0 saturated carbocycles. The maximum absolute atomic E-state index is 14.9. The highest BCUT2D eigenvalue weighted by atomic mass is 19.1. The van der Waals surface area contributed by atoms with E-state index < -0.39 is 17.6 Å². The SMILES string of the molecule is COc1cccc(-c2cnc(C(=O)NCCOCCNCC(=O)N3CCN(C(=O)c4cc(Cc5n[nH]c(=O)c6ccccc56)ccc4F)CC3)c(NC(C)=O)c2)c1. The third-order valence-corrected chi connectivity index (χ3v) is 9.38. The summed E-state index contributed by atoms with van der Waals surface area (Å²) < 4.78 is 25.8. The number of hydrogen-bond acceptors (Lipinski definition) is 10. The first-order chi connectivity index (χ1) is 27.6. The van der Waals surface area contributed by atoms with E-state index in [2.05, 4.69) is 31.1 Å². The normalized spacial score (nSPS) is 12.7. The van der Waals surface area contributed by atoms with Crippen molar-refractivity contribution in [3.8, 4) is 16.9 Å². The lowest BCUT2D eigenvalue weighted by Crippen LogP contribution is -2.52. The molecule has 1 saturated heterocycles. The van der Waals surface area contributed by atoms with Gasteiger partial charge in [0, 0.05) is 69.8 Å². The molecule has 0 aliphatic carbocycles. The van der Waals surface area contributed by atoms with E-state index in [0.717, 1.165) is 5.56 Å². The van der Waals surface area contributed by atoms with Gasteiger partial charge in [-0.3, -0.25) is 24.0 Å². The smallest absolute Gasteiger partial charge is 0.272 e. The number of H-pyrrole nitrogens is 1. The van der Waals surface area contributed by atoms with E-state index in [1.807, 2.05) is 30.3 Å². The van der Waals surface area contributed by atoms with Crippen LogP contribution in [-0.4, -0.2) is 115 Å². The van der Waals surface area contributed by atoms with Crippen LogP contribution >= 0.6 is 0 Å². The van der Waals surface area contributed by atoms with E-state index in [-0.39, 0.29) is 80.1 Å². The number of piperazine rings is 1. The molecule has 57 heavy (non-hydrogen) atoms. The van der Waals surface area contributed by atoms with Crippen molar-refractivity contribution in [1.82, 2.24) is 35.6 Å². The number of nitrogens with one attached hydrogen (secondary N) is 4. The first-order valence-electron chi connectivity index (χ1n) is 18.4. The van der Waals surface area contributed by atoms with E-state index in [9.17, 15) is 28.4 Å². The van der Waals surface area contributed by atoms with Crippen LogP contribution in [0.15, 0.2) is 83.8 Å². The summed E-state index contributed by atoms with van der Waals surface area (Å²) in [7, 11) is 1.57. The number of halogens is 1. The summed E-state index contributed by atoms with van der Waals surface area (Å²) in [5.41, 5.74) is 2.75. The number of aromatic nitrogens is 3. The molecule has 4 amide bonds. The van der Waals surface area contributed by atoms with Gasteiger partial charge in [-0.05, 0) is 47.5 Å². The summed E-state index contributed by atoms with van der Waals surface area (Å²) in [6, 6.07) is 20.5. The molecule has 0 spiro atoms. The number of pyridine rings is 1. The number of amides is 4. The summed E-state index contributed by atoms with van der Waals surface area (Å²) in [6.45, 7) is 3.61. The monoisotopic (exact) mass is 778 g/mol. The van der Waals surface area contributed by atoms with Crippen molar-refractivity contribution in [3.05, 3.63) is 118 Å².